The molecular formula is C12H14FNO. The number of benzene rings is 1. The molecule has 2 aliphatic rings. The Morgan fingerprint density at radius 3 is 2.93 bits per heavy atom. The summed E-state index contributed by atoms with van der Waals surface area (Å²) in [5.41, 5.74) is 1.74. The number of rotatable bonds is 2. The van der Waals surface area contributed by atoms with Crippen LogP contribution in [-0.4, -0.2) is 12.6 Å². The van der Waals surface area contributed by atoms with Crippen LogP contribution in [0.5, 0.6) is 5.75 Å². The highest BCUT2D eigenvalue weighted by Gasteiger charge is 2.33. The molecule has 1 unspecified atom stereocenters. The molecule has 1 fully saturated rings. The summed E-state index contributed by atoms with van der Waals surface area (Å²) in [6.45, 7) is 2.52. The van der Waals surface area contributed by atoms with Gasteiger partial charge >= 0.3 is 0 Å². The van der Waals surface area contributed by atoms with E-state index >= 15 is 0 Å². The molecule has 3 heteroatoms. The SMILES string of the molecule is Cc1ccc(F)c2c1OCC2NC1CC1. The second kappa shape index (κ2) is 3.20. The quantitative estimate of drug-likeness (QED) is 0.803. The second-order valence-corrected chi connectivity index (χ2v) is 4.41. The van der Waals surface area contributed by atoms with E-state index in [9.17, 15) is 4.39 Å². The number of aryl methyl sites for hydroxylation is 1. The zero-order valence-electron chi connectivity index (χ0n) is 8.72. The summed E-state index contributed by atoms with van der Waals surface area (Å²) in [5.74, 6) is 0.597. The molecule has 1 aromatic rings. The lowest BCUT2D eigenvalue weighted by molar-refractivity contribution is 0.308. The van der Waals surface area contributed by atoms with Crippen LogP contribution in [-0.2, 0) is 0 Å². The molecular weight excluding hydrogens is 193 g/mol. The topological polar surface area (TPSA) is 21.3 Å². The second-order valence-electron chi connectivity index (χ2n) is 4.41. The van der Waals surface area contributed by atoms with Gasteiger partial charge in [-0.3, -0.25) is 0 Å². The van der Waals surface area contributed by atoms with Crippen LogP contribution < -0.4 is 10.1 Å². The Morgan fingerprint density at radius 2 is 2.20 bits per heavy atom. The van der Waals surface area contributed by atoms with E-state index in [4.69, 9.17) is 4.74 Å². The standard InChI is InChI=1S/C12H14FNO/c1-7-2-5-9(13)11-10(6-15-12(7)11)14-8-3-4-8/h2,5,8,10,14H,3-4,6H2,1H3. The average Bonchev–Trinajstić information content (AvgIpc) is 2.91. The van der Waals surface area contributed by atoms with E-state index < -0.39 is 0 Å². The molecule has 1 saturated carbocycles. The number of halogens is 1. The molecule has 1 N–H and O–H groups in total. The summed E-state index contributed by atoms with van der Waals surface area (Å²) in [6.07, 6.45) is 2.42. The monoisotopic (exact) mass is 207 g/mol. The van der Waals surface area contributed by atoms with Gasteiger partial charge in [0.05, 0.1) is 11.6 Å². The summed E-state index contributed by atoms with van der Waals surface area (Å²) in [6, 6.07) is 3.93. The van der Waals surface area contributed by atoms with E-state index in [2.05, 4.69) is 5.32 Å². The predicted octanol–water partition coefficient (Wildman–Crippen LogP) is 2.32. The molecule has 1 aromatic carbocycles. The van der Waals surface area contributed by atoms with Gasteiger partial charge in [-0.05, 0) is 31.4 Å². The van der Waals surface area contributed by atoms with Gasteiger partial charge in [0, 0.05) is 6.04 Å². The van der Waals surface area contributed by atoms with Gasteiger partial charge in [0.1, 0.15) is 18.2 Å². The number of nitrogens with one attached hydrogen (secondary N) is 1. The lowest BCUT2D eigenvalue weighted by Gasteiger charge is -2.11. The summed E-state index contributed by atoms with van der Waals surface area (Å²) >= 11 is 0. The lowest BCUT2D eigenvalue weighted by Crippen LogP contribution is -2.24. The van der Waals surface area contributed by atoms with E-state index in [-0.39, 0.29) is 11.9 Å². The molecule has 2 nitrogen and oxygen atoms in total. The minimum atomic E-state index is -0.147. The molecule has 3 rings (SSSR count). The van der Waals surface area contributed by atoms with Crippen LogP contribution in [0.4, 0.5) is 4.39 Å². The molecule has 1 heterocycles. The normalized spacial score (nSPS) is 23.7. The van der Waals surface area contributed by atoms with Gasteiger partial charge in [-0.1, -0.05) is 6.07 Å². The van der Waals surface area contributed by atoms with Crippen LogP contribution in [0.2, 0.25) is 0 Å². The molecule has 80 valence electrons. The number of hydrogen-bond acceptors (Lipinski definition) is 2. The summed E-state index contributed by atoms with van der Waals surface area (Å²) < 4.78 is 19.2. The van der Waals surface area contributed by atoms with Crippen LogP contribution in [0.3, 0.4) is 0 Å². The van der Waals surface area contributed by atoms with Crippen LogP contribution in [0.15, 0.2) is 12.1 Å². The molecule has 0 spiro atoms. The molecule has 0 amide bonds. The molecule has 0 aromatic heterocycles. The van der Waals surface area contributed by atoms with Crippen molar-refractivity contribution >= 4 is 0 Å². The van der Waals surface area contributed by atoms with Gasteiger partial charge < -0.3 is 10.1 Å². The van der Waals surface area contributed by atoms with E-state index in [0.717, 1.165) is 16.9 Å². The molecule has 0 radical (unpaired) electrons. The summed E-state index contributed by atoms with van der Waals surface area (Å²) in [7, 11) is 0. The van der Waals surface area contributed by atoms with Crippen molar-refractivity contribution in [1.82, 2.24) is 5.32 Å². The lowest BCUT2D eigenvalue weighted by atomic mass is 10.0. The Kier molecular flexibility index (Phi) is 1.96. The van der Waals surface area contributed by atoms with Crippen molar-refractivity contribution in [1.29, 1.82) is 0 Å². The largest absolute Gasteiger partial charge is 0.491 e. The Balaban J connectivity index is 1.96. The maximum atomic E-state index is 13.7. The van der Waals surface area contributed by atoms with E-state index in [1.54, 1.807) is 6.07 Å². The van der Waals surface area contributed by atoms with Crippen LogP contribution in [0.1, 0.15) is 30.0 Å². The molecule has 1 aliphatic heterocycles. The Labute approximate surface area is 88.4 Å². The highest BCUT2D eigenvalue weighted by molar-refractivity contribution is 5.46. The third-order valence-corrected chi connectivity index (χ3v) is 3.10. The van der Waals surface area contributed by atoms with Crippen LogP contribution >= 0.6 is 0 Å². The third-order valence-electron chi connectivity index (χ3n) is 3.10. The Morgan fingerprint density at radius 1 is 1.40 bits per heavy atom. The molecule has 1 atom stereocenters. The van der Waals surface area contributed by atoms with Gasteiger partial charge in [-0.2, -0.15) is 0 Å². The third kappa shape index (κ3) is 1.51. The fourth-order valence-electron chi connectivity index (χ4n) is 2.12. The zero-order chi connectivity index (χ0) is 10.4. The maximum absolute atomic E-state index is 13.7. The number of hydrogen-bond donors (Lipinski definition) is 1. The Bertz CT molecular complexity index is 401. The van der Waals surface area contributed by atoms with Gasteiger partial charge in [0.2, 0.25) is 0 Å². The maximum Gasteiger partial charge on any atom is 0.131 e. The van der Waals surface area contributed by atoms with Crippen molar-refractivity contribution < 1.29 is 9.13 Å². The van der Waals surface area contributed by atoms with E-state index in [1.807, 2.05) is 6.92 Å². The summed E-state index contributed by atoms with van der Waals surface area (Å²) in [4.78, 5) is 0. The van der Waals surface area contributed by atoms with Crippen molar-refractivity contribution in [2.45, 2.75) is 31.8 Å². The fraction of sp³-hybridized carbons (Fsp3) is 0.500. The first kappa shape index (κ1) is 9.16. The van der Waals surface area contributed by atoms with Crippen LogP contribution in [0.25, 0.3) is 0 Å². The smallest absolute Gasteiger partial charge is 0.131 e. The fourth-order valence-corrected chi connectivity index (χ4v) is 2.12. The zero-order valence-corrected chi connectivity index (χ0v) is 8.72. The Hall–Kier alpha value is -1.09. The predicted molar refractivity (Wildman–Crippen MR) is 55.5 cm³/mol. The first-order valence-electron chi connectivity index (χ1n) is 5.43. The van der Waals surface area contributed by atoms with E-state index in [1.165, 1.54) is 18.9 Å². The van der Waals surface area contributed by atoms with Gasteiger partial charge in [0.25, 0.3) is 0 Å². The van der Waals surface area contributed by atoms with Gasteiger partial charge in [-0.15, -0.1) is 0 Å². The molecule has 0 bridgehead atoms. The van der Waals surface area contributed by atoms with Crippen molar-refractivity contribution in [3.05, 3.63) is 29.1 Å². The van der Waals surface area contributed by atoms with Crippen molar-refractivity contribution in [3.63, 3.8) is 0 Å². The molecule has 1 aliphatic carbocycles. The number of fused-ring (bicyclic) bond motifs is 1. The number of ether oxygens (including phenoxy) is 1. The van der Waals surface area contributed by atoms with Crippen LogP contribution in [0, 0.1) is 12.7 Å². The first-order chi connectivity index (χ1) is 7.25. The highest BCUT2D eigenvalue weighted by Crippen LogP contribution is 2.38. The average molecular weight is 207 g/mol. The minimum absolute atomic E-state index is 0.0485. The van der Waals surface area contributed by atoms with Gasteiger partial charge in [0.15, 0.2) is 0 Å². The molecule has 15 heavy (non-hydrogen) atoms. The van der Waals surface area contributed by atoms with E-state index in [0.29, 0.717) is 12.6 Å². The highest BCUT2D eigenvalue weighted by atomic mass is 19.1. The van der Waals surface area contributed by atoms with Crippen molar-refractivity contribution in [2.75, 3.05) is 6.61 Å². The van der Waals surface area contributed by atoms with Crippen molar-refractivity contribution in [2.24, 2.45) is 0 Å². The summed E-state index contributed by atoms with van der Waals surface area (Å²) in [5, 5.41) is 3.41. The first-order valence-corrected chi connectivity index (χ1v) is 5.43. The van der Waals surface area contributed by atoms with Crippen molar-refractivity contribution in [3.8, 4) is 5.75 Å². The van der Waals surface area contributed by atoms with Gasteiger partial charge in [-0.25, -0.2) is 4.39 Å². The molecule has 0 saturated heterocycles. The minimum Gasteiger partial charge on any atom is -0.491 e.